The normalized spacial score (nSPS) is 31.9. The van der Waals surface area contributed by atoms with Crippen LogP contribution in [0.5, 0.6) is 0 Å². The van der Waals surface area contributed by atoms with E-state index in [1.54, 1.807) is 0 Å². The van der Waals surface area contributed by atoms with E-state index in [-0.39, 0.29) is 0 Å². The fourth-order valence-electron chi connectivity index (χ4n) is 2.42. The Hall–Kier alpha value is -0.570. The topological polar surface area (TPSA) is 57.5 Å². The molecular formula is C12H22O3. The molecule has 0 aromatic rings. The lowest BCUT2D eigenvalue weighted by atomic mass is 9.69. The van der Waals surface area contributed by atoms with Crippen LogP contribution in [-0.2, 0) is 4.79 Å². The Bertz CT molecular complexity index is 225. The quantitative estimate of drug-likeness (QED) is 0.755. The van der Waals surface area contributed by atoms with Crippen molar-refractivity contribution < 1.29 is 15.0 Å². The van der Waals surface area contributed by atoms with Gasteiger partial charge < -0.3 is 10.2 Å². The summed E-state index contributed by atoms with van der Waals surface area (Å²) >= 11 is 0. The smallest absolute Gasteiger partial charge is 0.309 e. The molecule has 1 rings (SSSR count). The minimum Gasteiger partial charge on any atom is -0.481 e. The number of hydrogen-bond acceptors (Lipinski definition) is 2. The van der Waals surface area contributed by atoms with E-state index in [1.807, 2.05) is 0 Å². The van der Waals surface area contributed by atoms with Crippen molar-refractivity contribution in [3.63, 3.8) is 0 Å². The van der Waals surface area contributed by atoms with Crippen LogP contribution in [-0.4, -0.2) is 22.3 Å². The summed E-state index contributed by atoms with van der Waals surface area (Å²) in [6.45, 7) is 4.21. The summed E-state index contributed by atoms with van der Waals surface area (Å²) in [4.78, 5) is 11.3. The third-order valence-corrected chi connectivity index (χ3v) is 3.47. The van der Waals surface area contributed by atoms with Gasteiger partial charge in [-0.25, -0.2) is 0 Å². The van der Waals surface area contributed by atoms with E-state index in [0.717, 1.165) is 25.7 Å². The van der Waals surface area contributed by atoms with Crippen LogP contribution in [0.4, 0.5) is 0 Å². The van der Waals surface area contributed by atoms with Crippen LogP contribution in [0, 0.1) is 11.3 Å². The Morgan fingerprint density at radius 3 is 2.67 bits per heavy atom. The monoisotopic (exact) mass is 214 g/mol. The van der Waals surface area contributed by atoms with E-state index in [0.29, 0.717) is 18.8 Å². The molecule has 2 unspecified atom stereocenters. The van der Waals surface area contributed by atoms with Crippen LogP contribution < -0.4 is 0 Å². The predicted octanol–water partition coefficient (Wildman–Crippen LogP) is 2.43. The summed E-state index contributed by atoms with van der Waals surface area (Å²) in [7, 11) is 0. The lowest BCUT2D eigenvalue weighted by Gasteiger charge is -2.36. The third-order valence-electron chi connectivity index (χ3n) is 3.47. The van der Waals surface area contributed by atoms with Gasteiger partial charge >= 0.3 is 5.97 Å². The average molecular weight is 214 g/mol. The largest absolute Gasteiger partial charge is 0.481 e. The van der Waals surface area contributed by atoms with E-state index < -0.39 is 17.5 Å². The summed E-state index contributed by atoms with van der Waals surface area (Å²) in [5.41, 5.74) is -0.651. The fourth-order valence-corrected chi connectivity index (χ4v) is 2.42. The molecule has 0 heterocycles. The van der Waals surface area contributed by atoms with Crippen molar-refractivity contribution >= 4 is 5.97 Å². The molecule has 0 radical (unpaired) electrons. The molecule has 1 aliphatic carbocycles. The summed E-state index contributed by atoms with van der Waals surface area (Å²) in [5.74, 6) is -0.192. The van der Waals surface area contributed by atoms with Crippen molar-refractivity contribution in [1.29, 1.82) is 0 Å². The molecule has 3 heteroatoms. The molecule has 3 nitrogen and oxygen atoms in total. The number of carboxylic acids is 1. The first-order valence-electron chi connectivity index (χ1n) is 5.88. The summed E-state index contributed by atoms with van der Waals surface area (Å²) < 4.78 is 0. The van der Waals surface area contributed by atoms with E-state index >= 15 is 0 Å². The molecule has 0 saturated heterocycles. The van der Waals surface area contributed by atoms with Gasteiger partial charge in [0.05, 0.1) is 11.5 Å². The van der Waals surface area contributed by atoms with Crippen molar-refractivity contribution in [2.24, 2.45) is 11.3 Å². The standard InChI is InChI=1S/C12H22O3/c1-9(2)5-7-12(11(14)15)6-3-4-10(13)8-12/h9-10,13H,3-8H2,1-2H3,(H,14,15). The van der Waals surface area contributed by atoms with Crippen molar-refractivity contribution in [2.75, 3.05) is 0 Å². The lowest BCUT2D eigenvalue weighted by molar-refractivity contribution is -0.154. The van der Waals surface area contributed by atoms with Gasteiger partial charge in [-0.2, -0.15) is 0 Å². The van der Waals surface area contributed by atoms with Gasteiger partial charge in [0, 0.05) is 0 Å². The molecule has 0 bridgehead atoms. The second-order valence-corrected chi connectivity index (χ2v) is 5.27. The predicted molar refractivity (Wildman–Crippen MR) is 58.6 cm³/mol. The van der Waals surface area contributed by atoms with Gasteiger partial charge in [0.2, 0.25) is 0 Å². The van der Waals surface area contributed by atoms with Gasteiger partial charge in [-0.1, -0.05) is 13.8 Å². The maximum Gasteiger partial charge on any atom is 0.309 e. The Kier molecular flexibility index (Phi) is 4.14. The van der Waals surface area contributed by atoms with Crippen molar-refractivity contribution in [2.45, 2.75) is 58.5 Å². The minimum absolute atomic E-state index is 0.415. The van der Waals surface area contributed by atoms with Crippen LogP contribution in [0.15, 0.2) is 0 Å². The molecule has 0 aliphatic heterocycles. The van der Waals surface area contributed by atoms with Crippen LogP contribution >= 0.6 is 0 Å². The number of aliphatic carboxylic acids is 1. The number of carboxylic acid groups (broad SMARTS) is 1. The van der Waals surface area contributed by atoms with Gasteiger partial charge in [0.15, 0.2) is 0 Å². The van der Waals surface area contributed by atoms with Gasteiger partial charge in [0.1, 0.15) is 0 Å². The van der Waals surface area contributed by atoms with Gasteiger partial charge in [-0.15, -0.1) is 0 Å². The van der Waals surface area contributed by atoms with Gasteiger partial charge in [-0.3, -0.25) is 4.79 Å². The Labute approximate surface area is 91.5 Å². The van der Waals surface area contributed by atoms with Crippen molar-refractivity contribution in [1.82, 2.24) is 0 Å². The highest BCUT2D eigenvalue weighted by Crippen LogP contribution is 2.41. The minimum atomic E-state index is -0.720. The number of aliphatic hydroxyl groups is 1. The van der Waals surface area contributed by atoms with Crippen LogP contribution in [0.2, 0.25) is 0 Å². The average Bonchev–Trinajstić information content (AvgIpc) is 2.14. The van der Waals surface area contributed by atoms with E-state index in [9.17, 15) is 15.0 Å². The first kappa shape index (κ1) is 12.5. The van der Waals surface area contributed by atoms with Gasteiger partial charge in [0.25, 0.3) is 0 Å². The number of hydrogen-bond donors (Lipinski definition) is 2. The first-order valence-corrected chi connectivity index (χ1v) is 5.88. The molecule has 1 fully saturated rings. The zero-order valence-electron chi connectivity index (χ0n) is 9.70. The zero-order valence-corrected chi connectivity index (χ0v) is 9.70. The summed E-state index contributed by atoms with van der Waals surface area (Å²) in [6.07, 6.45) is 3.99. The number of carbonyl (C=O) groups is 1. The van der Waals surface area contributed by atoms with E-state index in [2.05, 4.69) is 13.8 Å². The molecule has 1 saturated carbocycles. The molecular weight excluding hydrogens is 192 g/mol. The second kappa shape index (κ2) is 4.97. The molecule has 0 aromatic heterocycles. The molecule has 15 heavy (non-hydrogen) atoms. The van der Waals surface area contributed by atoms with Crippen molar-refractivity contribution in [3.05, 3.63) is 0 Å². The Morgan fingerprint density at radius 1 is 1.53 bits per heavy atom. The maximum absolute atomic E-state index is 11.3. The highest BCUT2D eigenvalue weighted by atomic mass is 16.4. The Morgan fingerprint density at radius 2 is 2.20 bits per heavy atom. The molecule has 2 atom stereocenters. The SMILES string of the molecule is CC(C)CCC1(C(=O)O)CCCC(O)C1. The fraction of sp³-hybridized carbons (Fsp3) is 0.917. The van der Waals surface area contributed by atoms with Crippen LogP contribution in [0.25, 0.3) is 0 Å². The van der Waals surface area contributed by atoms with Crippen molar-refractivity contribution in [3.8, 4) is 0 Å². The number of aliphatic hydroxyl groups excluding tert-OH is 1. The lowest BCUT2D eigenvalue weighted by Crippen LogP contribution is -2.38. The van der Waals surface area contributed by atoms with Crippen LogP contribution in [0.1, 0.15) is 52.4 Å². The summed E-state index contributed by atoms with van der Waals surface area (Å²) in [6, 6.07) is 0. The maximum atomic E-state index is 11.3. The molecule has 88 valence electrons. The van der Waals surface area contributed by atoms with E-state index in [1.165, 1.54) is 0 Å². The first-order chi connectivity index (χ1) is 6.96. The van der Waals surface area contributed by atoms with Gasteiger partial charge in [-0.05, 0) is 44.4 Å². The third kappa shape index (κ3) is 3.20. The zero-order chi connectivity index (χ0) is 11.5. The molecule has 1 aliphatic rings. The van der Waals surface area contributed by atoms with E-state index in [4.69, 9.17) is 0 Å². The second-order valence-electron chi connectivity index (χ2n) is 5.27. The summed E-state index contributed by atoms with van der Waals surface area (Å²) in [5, 5.41) is 18.9. The molecule has 0 spiro atoms. The van der Waals surface area contributed by atoms with Crippen LogP contribution in [0.3, 0.4) is 0 Å². The molecule has 0 aromatic carbocycles. The molecule has 0 amide bonds. The number of rotatable bonds is 4. The highest BCUT2D eigenvalue weighted by Gasteiger charge is 2.42. The Balaban J connectivity index is 2.65. The highest BCUT2D eigenvalue weighted by molar-refractivity contribution is 5.74. The molecule has 2 N–H and O–H groups in total.